The van der Waals surface area contributed by atoms with Gasteiger partial charge in [-0.25, -0.2) is 9.97 Å². The Hall–Kier alpha value is -1.93. The molecule has 2 aromatic rings. The minimum atomic E-state index is -0.143. The fourth-order valence-corrected chi connectivity index (χ4v) is 2.41. The lowest BCUT2D eigenvalue weighted by Gasteiger charge is -2.19. The fraction of sp³-hybridized carbons (Fsp3) is 0.438. The van der Waals surface area contributed by atoms with Crippen molar-refractivity contribution in [3.63, 3.8) is 0 Å². The second-order valence-electron chi connectivity index (χ2n) is 5.67. The van der Waals surface area contributed by atoms with Crippen molar-refractivity contribution in [3.05, 3.63) is 28.6 Å². The summed E-state index contributed by atoms with van der Waals surface area (Å²) in [6, 6.07) is 1.66. The Morgan fingerprint density at radius 2 is 2.04 bits per heavy atom. The third kappa shape index (κ3) is 4.55. The molecule has 0 saturated carbocycles. The summed E-state index contributed by atoms with van der Waals surface area (Å²) in [7, 11) is 0. The maximum atomic E-state index is 9.40. The minimum absolute atomic E-state index is 0.0160. The Bertz CT molecular complexity index is 692. The molecule has 2 rings (SSSR count). The topological polar surface area (TPSA) is 106 Å². The average Bonchev–Trinajstić information content (AvgIpc) is 2.54. The molecule has 0 radical (unpaired) electrons. The molecule has 0 aliphatic rings. The molecule has 0 saturated heterocycles. The average molecular weight is 396 g/mol. The number of rotatable bonds is 7. The first kappa shape index (κ1) is 18.4. The zero-order valence-electron chi connectivity index (χ0n) is 14.0. The molecule has 24 heavy (non-hydrogen) atoms. The van der Waals surface area contributed by atoms with Crippen molar-refractivity contribution in [2.24, 2.45) is 0 Å². The molecule has 7 nitrogen and oxygen atoms in total. The predicted molar refractivity (Wildman–Crippen MR) is 97.3 cm³/mol. The van der Waals surface area contributed by atoms with E-state index in [2.05, 4.69) is 50.0 Å². The molecule has 0 fully saturated rings. The van der Waals surface area contributed by atoms with Gasteiger partial charge in [-0.1, -0.05) is 20.8 Å². The van der Waals surface area contributed by atoms with Crippen molar-refractivity contribution in [2.45, 2.75) is 39.2 Å². The second kappa shape index (κ2) is 8.25. The Balaban J connectivity index is 2.38. The highest BCUT2D eigenvalue weighted by molar-refractivity contribution is 9.10. The number of aliphatic hydroxyl groups excluding tert-OH is 1. The van der Waals surface area contributed by atoms with E-state index in [1.165, 1.54) is 6.20 Å². The Labute approximate surface area is 149 Å². The van der Waals surface area contributed by atoms with Gasteiger partial charge in [-0.15, -0.1) is 0 Å². The molecule has 4 N–H and O–H groups in total. The van der Waals surface area contributed by atoms with Crippen LogP contribution in [0.25, 0.3) is 0 Å². The van der Waals surface area contributed by atoms with Gasteiger partial charge >= 0.3 is 0 Å². The zero-order valence-corrected chi connectivity index (χ0v) is 15.5. The van der Waals surface area contributed by atoms with Crippen LogP contribution in [0.5, 0.6) is 11.5 Å². The lowest BCUT2D eigenvalue weighted by molar-refractivity contribution is 0.271. The van der Waals surface area contributed by atoms with Gasteiger partial charge in [-0.05, 0) is 28.3 Å². The zero-order chi connectivity index (χ0) is 17.7. The van der Waals surface area contributed by atoms with Crippen molar-refractivity contribution in [3.8, 4) is 11.5 Å². The third-order valence-electron chi connectivity index (χ3n) is 3.53. The lowest BCUT2D eigenvalue weighted by atomic mass is 10.1. The molecule has 1 atom stereocenters. The Morgan fingerprint density at radius 3 is 2.67 bits per heavy atom. The number of anilines is 2. The van der Waals surface area contributed by atoms with Crippen LogP contribution in [0.4, 0.5) is 11.8 Å². The summed E-state index contributed by atoms with van der Waals surface area (Å²) < 4.78 is 6.71. The number of halogens is 1. The Morgan fingerprint density at radius 1 is 1.29 bits per heavy atom. The first-order chi connectivity index (χ1) is 11.4. The maximum Gasteiger partial charge on any atom is 0.222 e. The van der Waals surface area contributed by atoms with Crippen molar-refractivity contribution < 1.29 is 9.84 Å². The van der Waals surface area contributed by atoms with Crippen LogP contribution in [0.15, 0.2) is 23.1 Å². The number of pyridine rings is 1. The molecule has 0 aliphatic carbocycles. The van der Waals surface area contributed by atoms with E-state index in [0.717, 1.165) is 12.0 Å². The molecule has 1 unspecified atom stereocenters. The normalized spacial score (nSPS) is 12.2. The monoisotopic (exact) mass is 395 g/mol. The van der Waals surface area contributed by atoms with E-state index in [-0.39, 0.29) is 24.5 Å². The van der Waals surface area contributed by atoms with Gasteiger partial charge in [-0.2, -0.15) is 4.98 Å². The highest BCUT2D eigenvalue weighted by Crippen LogP contribution is 2.34. The smallest absolute Gasteiger partial charge is 0.222 e. The van der Waals surface area contributed by atoms with Gasteiger partial charge in [0.1, 0.15) is 10.4 Å². The maximum absolute atomic E-state index is 9.40. The first-order valence-corrected chi connectivity index (χ1v) is 8.57. The predicted octanol–water partition coefficient (Wildman–Crippen LogP) is 3.31. The molecular formula is C16H22BrN5O2. The highest BCUT2D eigenvalue weighted by atomic mass is 79.9. The number of hydrogen-bond donors (Lipinski definition) is 3. The highest BCUT2D eigenvalue weighted by Gasteiger charge is 2.16. The molecular weight excluding hydrogens is 374 g/mol. The molecule has 0 bridgehead atoms. The molecule has 130 valence electrons. The van der Waals surface area contributed by atoms with Gasteiger partial charge in [0.15, 0.2) is 11.6 Å². The summed E-state index contributed by atoms with van der Waals surface area (Å²) in [4.78, 5) is 12.4. The van der Waals surface area contributed by atoms with Crippen molar-refractivity contribution >= 4 is 27.7 Å². The summed E-state index contributed by atoms with van der Waals surface area (Å²) in [6.07, 6.45) is 4.03. The minimum Gasteiger partial charge on any atom is -0.451 e. The van der Waals surface area contributed by atoms with Gasteiger partial charge in [0.05, 0.1) is 18.8 Å². The number of nitrogens with zero attached hydrogens (tertiary/aromatic N) is 3. The molecule has 0 aliphatic heterocycles. The largest absolute Gasteiger partial charge is 0.451 e. The summed E-state index contributed by atoms with van der Waals surface area (Å²) in [5.74, 6) is 1.94. The van der Waals surface area contributed by atoms with Gasteiger partial charge in [0.2, 0.25) is 5.95 Å². The van der Waals surface area contributed by atoms with Crippen LogP contribution in [0.3, 0.4) is 0 Å². The van der Waals surface area contributed by atoms with E-state index in [1.54, 1.807) is 12.3 Å². The number of hydrogen-bond acceptors (Lipinski definition) is 7. The van der Waals surface area contributed by atoms with Crippen LogP contribution in [0, 0.1) is 0 Å². The molecule has 2 heterocycles. The van der Waals surface area contributed by atoms with E-state index in [0.29, 0.717) is 21.9 Å². The van der Waals surface area contributed by atoms with Gasteiger partial charge in [0.25, 0.3) is 0 Å². The molecule has 2 aromatic heterocycles. The van der Waals surface area contributed by atoms with Crippen LogP contribution in [0.1, 0.15) is 38.7 Å². The van der Waals surface area contributed by atoms with Crippen molar-refractivity contribution in [2.75, 3.05) is 17.7 Å². The van der Waals surface area contributed by atoms with Gasteiger partial charge in [-0.3, -0.25) is 0 Å². The molecule has 0 spiro atoms. The summed E-state index contributed by atoms with van der Waals surface area (Å²) in [5, 5.41) is 12.5. The van der Waals surface area contributed by atoms with Crippen molar-refractivity contribution in [1.29, 1.82) is 0 Å². The summed E-state index contributed by atoms with van der Waals surface area (Å²) in [5.41, 5.74) is 6.65. The number of nitrogens with one attached hydrogen (secondary N) is 1. The van der Waals surface area contributed by atoms with E-state index in [9.17, 15) is 5.11 Å². The van der Waals surface area contributed by atoms with Crippen LogP contribution >= 0.6 is 15.9 Å². The van der Waals surface area contributed by atoms with E-state index >= 15 is 0 Å². The van der Waals surface area contributed by atoms with Crippen LogP contribution < -0.4 is 15.8 Å². The SMILES string of the molecule is CCC(CO)Nc1nc(N)ncc1Oc1cc(Br)ncc1C(C)C. The number of nitrogens with two attached hydrogens (primary N) is 1. The second-order valence-corrected chi connectivity index (χ2v) is 6.49. The lowest BCUT2D eigenvalue weighted by Crippen LogP contribution is -2.23. The molecule has 0 aromatic carbocycles. The van der Waals surface area contributed by atoms with E-state index in [4.69, 9.17) is 10.5 Å². The fourth-order valence-electron chi connectivity index (χ4n) is 2.10. The molecule has 8 heteroatoms. The quantitative estimate of drug-likeness (QED) is 0.617. The number of aromatic nitrogens is 3. The molecule has 0 amide bonds. The number of nitrogen functional groups attached to an aromatic ring is 1. The van der Waals surface area contributed by atoms with Gasteiger partial charge in [0, 0.05) is 17.8 Å². The van der Waals surface area contributed by atoms with E-state index in [1.807, 2.05) is 6.92 Å². The Kier molecular flexibility index (Phi) is 6.33. The number of ether oxygens (including phenoxy) is 1. The standard InChI is InChI=1S/C16H22BrN5O2/c1-4-10(8-23)21-15-13(7-20-16(18)22-15)24-12-5-14(17)19-6-11(12)9(2)3/h5-7,9-10,23H,4,8H2,1-3H3,(H3,18,20,21,22). The van der Waals surface area contributed by atoms with Crippen molar-refractivity contribution in [1.82, 2.24) is 15.0 Å². The van der Waals surface area contributed by atoms with E-state index < -0.39 is 0 Å². The first-order valence-electron chi connectivity index (χ1n) is 7.77. The number of aliphatic hydroxyl groups is 1. The van der Waals surface area contributed by atoms with Crippen LogP contribution in [-0.4, -0.2) is 32.7 Å². The summed E-state index contributed by atoms with van der Waals surface area (Å²) in [6.45, 7) is 6.08. The van der Waals surface area contributed by atoms with Gasteiger partial charge < -0.3 is 20.9 Å². The van der Waals surface area contributed by atoms with Crippen LogP contribution in [0.2, 0.25) is 0 Å². The summed E-state index contributed by atoms with van der Waals surface area (Å²) >= 11 is 3.36. The van der Waals surface area contributed by atoms with Crippen LogP contribution in [-0.2, 0) is 0 Å². The third-order valence-corrected chi connectivity index (χ3v) is 3.97.